The molecule has 2 aromatic carbocycles. The highest BCUT2D eigenvalue weighted by Gasteiger charge is 2.23. The maximum absolute atomic E-state index is 11.6. The van der Waals surface area contributed by atoms with Crippen molar-refractivity contribution in [1.82, 2.24) is 9.97 Å². The Kier molecular flexibility index (Phi) is 5.58. The lowest BCUT2D eigenvalue weighted by Crippen LogP contribution is -2.05. The second-order valence-electron chi connectivity index (χ2n) is 5.28. The van der Waals surface area contributed by atoms with E-state index in [0.717, 1.165) is 0 Å². The molecule has 3 rings (SSSR count). The molecule has 0 saturated heterocycles. The molecular weight excluding hydrogens is 393 g/mol. The minimum Gasteiger partial charge on any atom is -0.497 e. The lowest BCUT2D eigenvalue weighted by Gasteiger charge is -2.11. The topological polar surface area (TPSA) is 102 Å². The third-order valence-electron chi connectivity index (χ3n) is 3.54. The smallest absolute Gasteiger partial charge is 0.353 e. The largest absolute Gasteiger partial charge is 0.497 e. The Bertz CT molecular complexity index is 983. The predicted octanol–water partition coefficient (Wildman–Crippen LogP) is 5.19. The molecule has 0 amide bonds. The summed E-state index contributed by atoms with van der Waals surface area (Å²) < 4.78 is 5.09. The number of ether oxygens (including phenoxy) is 1. The number of hydrogen-bond donors (Lipinski definition) is 2. The van der Waals surface area contributed by atoms with Crippen molar-refractivity contribution >= 4 is 51.9 Å². The van der Waals surface area contributed by atoms with Crippen molar-refractivity contribution in [2.45, 2.75) is 0 Å². The predicted molar refractivity (Wildman–Crippen MR) is 105 cm³/mol. The van der Waals surface area contributed by atoms with Crippen LogP contribution in [0, 0.1) is 10.1 Å². The van der Waals surface area contributed by atoms with E-state index in [0.29, 0.717) is 27.2 Å². The maximum atomic E-state index is 11.6. The summed E-state index contributed by atoms with van der Waals surface area (Å²) in [6.45, 7) is 0. The fraction of sp³-hybridized carbons (Fsp3) is 0.0588. The first-order chi connectivity index (χ1) is 13.0. The molecule has 138 valence electrons. The first-order valence-corrected chi connectivity index (χ1v) is 8.36. The van der Waals surface area contributed by atoms with Gasteiger partial charge in [0.25, 0.3) is 0 Å². The average Bonchev–Trinajstić information content (AvgIpc) is 2.65. The molecule has 0 aliphatic rings. The molecule has 2 N–H and O–H groups in total. The van der Waals surface area contributed by atoms with Crippen molar-refractivity contribution in [1.29, 1.82) is 0 Å². The van der Waals surface area contributed by atoms with Crippen molar-refractivity contribution in [3.63, 3.8) is 0 Å². The van der Waals surface area contributed by atoms with Gasteiger partial charge in [-0.2, -0.15) is 0 Å². The molecule has 3 aromatic rings. The van der Waals surface area contributed by atoms with E-state index in [1.54, 1.807) is 49.6 Å². The highest BCUT2D eigenvalue weighted by molar-refractivity contribution is 6.42. The van der Waals surface area contributed by atoms with Gasteiger partial charge in [-0.15, -0.1) is 0 Å². The lowest BCUT2D eigenvalue weighted by molar-refractivity contribution is -0.383. The summed E-state index contributed by atoms with van der Waals surface area (Å²) in [7, 11) is 1.55. The zero-order chi connectivity index (χ0) is 19.4. The molecule has 27 heavy (non-hydrogen) atoms. The molecule has 0 spiro atoms. The van der Waals surface area contributed by atoms with Gasteiger partial charge in [0, 0.05) is 11.4 Å². The van der Waals surface area contributed by atoms with Crippen molar-refractivity contribution in [3.05, 3.63) is 69.0 Å². The lowest BCUT2D eigenvalue weighted by atomic mass is 10.3. The van der Waals surface area contributed by atoms with Gasteiger partial charge in [-0.1, -0.05) is 23.2 Å². The summed E-state index contributed by atoms with van der Waals surface area (Å²) in [5.41, 5.74) is 0.805. The van der Waals surface area contributed by atoms with Crippen molar-refractivity contribution in [3.8, 4) is 5.75 Å². The molecular formula is C17H13Cl2N5O3. The molecule has 0 atom stereocenters. The number of hydrogen-bond acceptors (Lipinski definition) is 7. The van der Waals surface area contributed by atoms with Crippen molar-refractivity contribution in [2.24, 2.45) is 0 Å². The molecule has 1 aromatic heterocycles. The van der Waals surface area contributed by atoms with E-state index >= 15 is 0 Å². The van der Waals surface area contributed by atoms with Crippen LogP contribution in [0.25, 0.3) is 0 Å². The summed E-state index contributed by atoms with van der Waals surface area (Å²) >= 11 is 11.9. The highest BCUT2D eigenvalue weighted by Crippen LogP contribution is 2.34. The van der Waals surface area contributed by atoms with Gasteiger partial charge in [0.15, 0.2) is 0 Å². The fourth-order valence-electron chi connectivity index (χ4n) is 2.26. The minimum absolute atomic E-state index is 0.0180. The standard InChI is InChI=1S/C17H13Cl2N5O3/c1-27-12-5-2-10(3-6-12)22-16-15(24(25)26)17(21-9-20-16)23-11-4-7-13(18)14(19)8-11/h2-9H,1H3,(H2,20,21,22,23). The first kappa shape index (κ1) is 18.7. The molecule has 0 bridgehead atoms. The molecule has 0 aliphatic heterocycles. The number of benzene rings is 2. The molecule has 0 saturated carbocycles. The van der Waals surface area contributed by atoms with Gasteiger partial charge in [-0.25, -0.2) is 9.97 Å². The van der Waals surface area contributed by atoms with Crippen LogP contribution in [0.4, 0.5) is 28.7 Å². The Morgan fingerprint density at radius 2 is 1.56 bits per heavy atom. The minimum atomic E-state index is -0.564. The Hall–Kier alpha value is -3.10. The number of anilines is 4. The van der Waals surface area contributed by atoms with E-state index in [-0.39, 0.29) is 17.3 Å². The second kappa shape index (κ2) is 8.07. The van der Waals surface area contributed by atoms with Crippen LogP contribution >= 0.6 is 23.2 Å². The van der Waals surface area contributed by atoms with Crippen molar-refractivity contribution < 1.29 is 9.66 Å². The fourth-order valence-corrected chi connectivity index (χ4v) is 2.55. The van der Waals surface area contributed by atoms with Gasteiger partial charge in [0.2, 0.25) is 11.6 Å². The summed E-state index contributed by atoms with van der Waals surface area (Å²) in [6, 6.07) is 11.7. The number of halogens is 2. The van der Waals surface area contributed by atoms with Crippen LogP contribution in [0.3, 0.4) is 0 Å². The SMILES string of the molecule is COc1ccc(Nc2ncnc(Nc3ccc(Cl)c(Cl)c3)c2[N+](=O)[O-])cc1. The van der Waals surface area contributed by atoms with E-state index in [2.05, 4.69) is 20.6 Å². The molecule has 0 unspecified atom stereocenters. The highest BCUT2D eigenvalue weighted by atomic mass is 35.5. The van der Waals surface area contributed by atoms with Crippen LogP contribution in [-0.4, -0.2) is 22.0 Å². The van der Waals surface area contributed by atoms with E-state index in [4.69, 9.17) is 27.9 Å². The van der Waals surface area contributed by atoms with Gasteiger partial charge >= 0.3 is 5.69 Å². The quantitative estimate of drug-likeness (QED) is 0.429. The van der Waals surface area contributed by atoms with Crippen LogP contribution in [0.15, 0.2) is 48.8 Å². The normalized spacial score (nSPS) is 10.3. The second-order valence-corrected chi connectivity index (χ2v) is 6.10. The third kappa shape index (κ3) is 4.36. The maximum Gasteiger partial charge on any atom is 0.353 e. The van der Waals surface area contributed by atoms with Crippen LogP contribution in [0.2, 0.25) is 10.0 Å². The van der Waals surface area contributed by atoms with E-state index in [1.807, 2.05) is 0 Å². The number of nitrogens with zero attached hydrogens (tertiary/aromatic N) is 3. The summed E-state index contributed by atoms with van der Waals surface area (Å²) in [5.74, 6) is 0.729. The van der Waals surface area contributed by atoms with E-state index in [1.165, 1.54) is 6.33 Å². The van der Waals surface area contributed by atoms with E-state index in [9.17, 15) is 10.1 Å². The van der Waals surface area contributed by atoms with Gasteiger partial charge < -0.3 is 15.4 Å². The summed E-state index contributed by atoms with van der Waals surface area (Å²) in [5, 5.41) is 18.1. The number of nitrogens with one attached hydrogen (secondary N) is 2. The number of aromatic nitrogens is 2. The molecule has 1 heterocycles. The monoisotopic (exact) mass is 405 g/mol. The third-order valence-corrected chi connectivity index (χ3v) is 4.28. The number of rotatable bonds is 6. The zero-order valence-corrected chi connectivity index (χ0v) is 15.5. The van der Waals surface area contributed by atoms with E-state index < -0.39 is 4.92 Å². The molecule has 0 aliphatic carbocycles. The number of nitro groups is 1. The Labute approximate surface area is 164 Å². The zero-order valence-electron chi connectivity index (χ0n) is 13.9. The van der Waals surface area contributed by atoms with Gasteiger partial charge in [0.1, 0.15) is 12.1 Å². The molecule has 10 heteroatoms. The van der Waals surface area contributed by atoms with Crippen LogP contribution < -0.4 is 15.4 Å². The molecule has 0 radical (unpaired) electrons. The average molecular weight is 406 g/mol. The molecule has 0 fully saturated rings. The summed E-state index contributed by atoms with van der Waals surface area (Å²) in [6.07, 6.45) is 1.22. The van der Waals surface area contributed by atoms with Crippen LogP contribution in [0.1, 0.15) is 0 Å². The van der Waals surface area contributed by atoms with Gasteiger partial charge in [-0.3, -0.25) is 10.1 Å². The van der Waals surface area contributed by atoms with Gasteiger partial charge in [-0.05, 0) is 42.5 Å². The van der Waals surface area contributed by atoms with Gasteiger partial charge in [0.05, 0.1) is 22.1 Å². The summed E-state index contributed by atoms with van der Waals surface area (Å²) in [4.78, 5) is 19.0. The Morgan fingerprint density at radius 3 is 2.11 bits per heavy atom. The van der Waals surface area contributed by atoms with Crippen LogP contribution in [0.5, 0.6) is 5.75 Å². The number of methoxy groups -OCH3 is 1. The first-order valence-electron chi connectivity index (χ1n) is 7.60. The molecule has 8 nitrogen and oxygen atoms in total. The van der Waals surface area contributed by atoms with Crippen LogP contribution in [-0.2, 0) is 0 Å². The van der Waals surface area contributed by atoms with Crippen molar-refractivity contribution in [2.75, 3.05) is 17.7 Å². The Balaban J connectivity index is 1.94. The Morgan fingerprint density at radius 1 is 0.963 bits per heavy atom.